The third-order valence-corrected chi connectivity index (χ3v) is 2.29. The lowest BCUT2D eigenvalue weighted by Gasteiger charge is -2.21. The fraction of sp³-hybridized carbons (Fsp3) is 1.00. The Kier molecular flexibility index (Phi) is 8.02. The van der Waals surface area contributed by atoms with Crippen molar-refractivity contribution in [2.75, 3.05) is 32.9 Å². The fourth-order valence-corrected chi connectivity index (χ4v) is 1.05. The predicted octanol–water partition coefficient (Wildman–Crippen LogP) is 1.66. The molecule has 0 aliphatic carbocycles. The Bertz CT molecular complexity index is 147. The zero-order valence-electron chi connectivity index (χ0n) is 10.7. The summed E-state index contributed by atoms with van der Waals surface area (Å²) in [4.78, 5) is 0. The summed E-state index contributed by atoms with van der Waals surface area (Å²) in [5.41, 5.74) is -0.0298. The zero-order chi connectivity index (χ0) is 11.7. The first kappa shape index (κ1) is 14.9. The Hall–Kier alpha value is -0.120. The van der Waals surface area contributed by atoms with Crippen LogP contribution in [0.2, 0.25) is 0 Å². The van der Waals surface area contributed by atoms with Gasteiger partial charge in [-0.25, -0.2) is 0 Å². The minimum Gasteiger partial charge on any atom is -0.396 e. The van der Waals surface area contributed by atoms with Gasteiger partial charge in [0.25, 0.3) is 0 Å². The van der Waals surface area contributed by atoms with E-state index in [2.05, 4.69) is 19.2 Å². The lowest BCUT2D eigenvalue weighted by Crippen LogP contribution is -2.34. The maximum Gasteiger partial charge on any atom is 0.0590 e. The molecule has 15 heavy (non-hydrogen) atoms. The highest BCUT2D eigenvalue weighted by atomic mass is 16.5. The number of nitrogens with one attached hydrogen (secondary N) is 1. The zero-order valence-corrected chi connectivity index (χ0v) is 10.7. The number of aliphatic hydroxyl groups excluding tert-OH is 1. The van der Waals surface area contributed by atoms with Crippen LogP contribution in [0.15, 0.2) is 0 Å². The van der Waals surface area contributed by atoms with Crippen LogP contribution in [0.4, 0.5) is 0 Å². The number of ether oxygens (including phenoxy) is 1. The molecule has 2 N–H and O–H groups in total. The summed E-state index contributed by atoms with van der Waals surface area (Å²) in [6.07, 6.45) is 1.13. The number of aliphatic hydroxyl groups is 1. The summed E-state index contributed by atoms with van der Waals surface area (Å²) in [6, 6.07) is 0. The van der Waals surface area contributed by atoms with Crippen molar-refractivity contribution in [1.29, 1.82) is 0 Å². The van der Waals surface area contributed by atoms with Crippen molar-refractivity contribution in [3.63, 3.8) is 0 Å². The van der Waals surface area contributed by atoms with Crippen molar-refractivity contribution in [2.24, 2.45) is 11.3 Å². The van der Waals surface area contributed by atoms with Crippen LogP contribution < -0.4 is 5.32 Å². The van der Waals surface area contributed by atoms with E-state index in [1.165, 1.54) is 0 Å². The standard InChI is InChI=1S/C12H27NO2/c1-11(2)5-7-15-8-6-13-9-12(3,4)10-14/h11,13-14H,5-10H2,1-4H3. The molecule has 0 radical (unpaired) electrons. The second-order valence-electron chi connectivity index (χ2n) is 5.29. The van der Waals surface area contributed by atoms with Crippen LogP contribution in [0.25, 0.3) is 0 Å². The highest BCUT2D eigenvalue weighted by Gasteiger charge is 2.14. The van der Waals surface area contributed by atoms with Crippen molar-refractivity contribution in [2.45, 2.75) is 34.1 Å². The normalized spacial score (nSPS) is 12.4. The Labute approximate surface area is 94.2 Å². The quantitative estimate of drug-likeness (QED) is 0.577. The van der Waals surface area contributed by atoms with Crippen LogP contribution in [-0.4, -0.2) is 38.0 Å². The van der Waals surface area contributed by atoms with Crippen molar-refractivity contribution in [3.05, 3.63) is 0 Å². The molecule has 0 bridgehead atoms. The van der Waals surface area contributed by atoms with Crippen molar-refractivity contribution in [3.8, 4) is 0 Å². The SMILES string of the molecule is CC(C)CCOCCNCC(C)(C)CO. The molecule has 92 valence electrons. The monoisotopic (exact) mass is 217 g/mol. The molecule has 0 aliphatic rings. The highest BCUT2D eigenvalue weighted by molar-refractivity contribution is 4.69. The minimum absolute atomic E-state index is 0.0298. The molecule has 0 fully saturated rings. The van der Waals surface area contributed by atoms with Crippen LogP contribution in [0.1, 0.15) is 34.1 Å². The molecule has 3 nitrogen and oxygen atoms in total. The Morgan fingerprint density at radius 1 is 1.27 bits per heavy atom. The van der Waals surface area contributed by atoms with Gasteiger partial charge in [0.2, 0.25) is 0 Å². The van der Waals surface area contributed by atoms with E-state index in [1.54, 1.807) is 0 Å². The lowest BCUT2D eigenvalue weighted by molar-refractivity contribution is 0.117. The van der Waals surface area contributed by atoms with Gasteiger partial charge in [-0.3, -0.25) is 0 Å². The first-order valence-electron chi connectivity index (χ1n) is 5.87. The molecule has 0 saturated carbocycles. The summed E-state index contributed by atoms with van der Waals surface area (Å²) in [6.45, 7) is 12.0. The van der Waals surface area contributed by atoms with E-state index < -0.39 is 0 Å². The van der Waals surface area contributed by atoms with Crippen LogP contribution in [0.3, 0.4) is 0 Å². The number of rotatable bonds is 9. The first-order valence-corrected chi connectivity index (χ1v) is 5.87. The van der Waals surface area contributed by atoms with Crippen LogP contribution >= 0.6 is 0 Å². The molecular formula is C12H27NO2. The van der Waals surface area contributed by atoms with Crippen LogP contribution in [0, 0.1) is 11.3 Å². The van der Waals surface area contributed by atoms with Gasteiger partial charge in [0.05, 0.1) is 6.61 Å². The van der Waals surface area contributed by atoms with Gasteiger partial charge in [-0.05, 0) is 12.3 Å². The van der Waals surface area contributed by atoms with Gasteiger partial charge in [0.15, 0.2) is 0 Å². The van der Waals surface area contributed by atoms with E-state index in [-0.39, 0.29) is 12.0 Å². The number of hydrogen-bond acceptors (Lipinski definition) is 3. The topological polar surface area (TPSA) is 41.5 Å². The van der Waals surface area contributed by atoms with E-state index in [0.29, 0.717) is 5.92 Å². The molecular weight excluding hydrogens is 190 g/mol. The first-order chi connectivity index (χ1) is 6.98. The second kappa shape index (κ2) is 8.08. The summed E-state index contributed by atoms with van der Waals surface area (Å²) >= 11 is 0. The van der Waals surface area contributed by atoms with Gasteiger partial charge < -0.3 is 15.2 Å². The largest absolute Gasteiger partial charge is 0.396 e. The highest BCUT2D eigenvalue weighted by Crippen LogP contribution is 2.10. The summed E-state index contributed by atoms with van der Waals surface area (Å²) in [5.74, 6) is 0.714. The summed E-state index contributed by atoms with van der Waals surface area (Å²) in [5, 5.41) is 12.3. The van der Waals surface area contributed by atoms with Crippen LogP contribution in [0.5, 0.6) is 0 Å². The van der Waals surface area contributed by atoms with Crippen molar-refractivity contribution in [1.82, 2.24) is 5.32 Å². The molecule has 0 amide bonds. The minimum atomic E-state index is -0.0298. The maximum absolute atomic E-state index is 9.02. The molecule has 3 heteroatoms. The molecule has 0 aromatic heterocycles. The molecule has 0 spiro atoms. The van der Waals surface area contributed by atoms with Gasteiger partial charge in [-0.2, -0.15) is 0 Å². The smallest absolute Gasteiger partial charge is 0.0590 e. The van der Waals surface area contributed by atoms with Gasteiger partial charge >= 0.3 is 0 Å². The summed E-state index contributed by atoms with van der Waals surface area (Å²) < 4.78 is 5.47. The average molecular weight is 217 g/mol. The fourth-order valence-electron chi connectivity index (χ4n) is 1.05. The molecule has 0 aromatic carbocycles. The van der Waals surface area contributed by atoms with Gasteiger partial charge in [0.1, 0.15) is 0 Å². The Morgan fingerprint density at radius 3 is 2.47 bits per heavy atom. The maximum atomic E-state index is 9.02. The predicted molar refractivity (Wildman–Crippen MR) is 64.0 cm³/mol. The Morgan fingerprint density at radius 2 is 1.93 bits per heavy atom. The molecule has 0 atom stereocenters. The lowest BCUT2D eigenvalue weighted by atomic mass is 9.95. The average Bonchev–Trinajstić information content (AvgIpc) is 2.16. The molecule has 0 aliphatic heterocycles. The van der Waals surface area contributed by atoms with E-state index in [9.17, 15) is 0 Å². The van der Waals surface area contributed by atoms with Gasteiger partial charge in [0, 0.05) is 31.7 Å². The molecule has 0 saturated heterocycles. The van der Waals surface area contributed by atoms with E-state index >= 15 is 0 Å². The van der Waals surface area contributed by atoms with Crippen molar-refractivity contribution < 1.29 is 9.84 Å². The summed E-state index contributed by atoms with van der Waals surface area (Å²) in [7, 11) is 0. The molecule has 0 rings (SSSR count). The van der Waals surface area contributed by atoms with E-state index in [0.717, 1.165) is 32.7 Å². The van der Waals surface area contributed by atoms with Crippen molar-refractivity contribution >= 4 is 0 Å². The third kappa shape index (κ3) is 10.2. The van der Waals surface area contributed by atoms with E-state index in [1.807, 2.05) is 13.8 Å². The second-order valence-corrected chi connectivity index (χ2v) is 5.29. The van der Waals surface area contributed by atoms with Gasteiger partial charge in [-0.1, -0.05) is 27.7 Å². The molecule has 0 aromatic rings. The third-order valence-electron chi connectivity index (χ3n) is 2.29. The molecule has 0 heterocycles. The molecule has 0 unspecified atom stereocenters. The number of hydrogen-bond donors (Lipinski definition) is 2. The van der Waals surface area contributed by atoms with Gasteiger partial charge in [-0.15, -0.1) is 0 Å². The van der Waals surface area contributed by atoms with Crippen LogP contribution in [-0.2, 0) is 4.74 Å². The van der Waals surface area contributed by atoms with E-state index in [4.69, 9.17) is 9.84 Å². The Balaban J connectivity index is 3.18.